The van der Waals surface area contributed by atoms with E-state index >= 15 is 0 Å². The molecule has 14 heteroatoms. The summed E-state index contributed by atoms with van der Waals surface area (Å²) in [6, 6.07) is 8.09. The second kappa shape index (κ2) is 21.0. The molecule has 0 fully saturated rings. The molecule has 0 saturated carbocycles. The Kier molecular flexibility index (Phi) is 26.3. The molecule has 0 aliphatic carbocycles. The monoisotopic (exact) mass is 786 g/mol. The van der Waals surface area contributed by atoms with E-state index in [4.69, 9.17) is 11.6 Å². The van der Waals surface area contributed by atoms with Gasteiger partial charge >= 0.3 is 56.6 Å². The third-order valence-corrected chi connectivity index (χ3v) is 6.49. The fraction of sp³-hybridized carbons (Fsp3) is 0.364. The van der Waals surface area contributed by atoms with Crippen LogP contribution in [-0.2, 0) is 4.57 Å². The summed E-state index contributed by atoms with van der Waals surface area (Å²) in [5.74, 6) is 0. The fourth-order valence-corrected chi connectivity index (χ4v) is 5.35. The third kappa shape index (κ3) is 21.0. The van der Waals surface area contributed by atoms with Gasteiger partial charge in [-0.05, 0) is 96.8 Å². The molecule has 4 aromatic rings. The second-order valence-electron chi connectivity index (χ2n) is 6.93. The third-order valence-electron chi connectivity index (χ3n) is 2.98. The van der Waals surface area contributed by atoms with Gasteiger partial charge in [-0.2, -0.15) is 0 Å². The van der Waals surface area contributed by atoms with Crippen LogP contribution in [0.25, 0.3) is 20.2 Å². The summed E-state index contributed by atoms with van der Waals surface area (Å²) in [6.45, 7) is 6.93. The average Bonchev–Trinajstić information content (AvgIpc) is 3.15. The molecule has 0 N–H and O–H groups in total. The normalized spacial score (nSPS) is 9.86. The molecule has 4 rings (SSSR count). The van der Waals surface area contributed by atoms with E-state index in [0.717, 1.165) is 19.6 Å². The number of rotatable bonds is 0. The largest absolute Gasteiger partial charge is 1.00 e. The van der Waals surface area contributed by atoms with Crippen LogP contribution in [0.1, 0.15) is 48.7 Å². The van der Waals surface area contributed by atoms with Crippen molar-refractivity contribution in [3.63, 3.8) is 0 Å². The van der Waals surface area contributed by atoms with E-state index in [2.05, 4.69) is 81.6 Å². The van der Waals surface area contributed by atoms with E-state index in [1.165, 1.54) is 13.9 Å². The predicted octanol–water partition coefficient (Wildman–Crippen LogP) is 8.95. The van der Waals surface area contributed by atoms with E-state index < -0.39 is 10.8 Å². The Morgan fingerprint density at radius 1 is 0.889 bits per heavy atom. The Balaban J connectivity index is -0.000000195. The molecule has 4 heterocycles. The number of nitrogens with zero attached hydrogens (tertiary/aromatic N) is 2. The second-order valence-corrected chi connectivity index (χ2v) is 18.9. The van der Waals surface area contributed by atoms with Crippen LogP contribution in [0.15, 0.2) is 44.2 Å². The molecule has 0 saturated heterocycles. The maximum Gasteiger partial charge on any atom is 1.00 e. The molecule has 0 radical (unpaired) electrons. The number of fused-ring (bicyclic) bond motifs is 2. The van der Waals surface area contributed by atoms with Crippen molar-refractivity contribution in [2.45, 2.75) is 55.6 Å². The number of halogens is 6. The number of thiophene rings is 2. The molecular formula is C22H30Br2Cl4KN2O2PS2. The minimum absolute atomic E-state index is 0. The molecule has 200 valence electrons. The molecule has 0 spiro atoms. The van der Waals surface area contributed by atoms with Gasteiger partial charge in [0.2, 0.25) is 0 Å². The number of hydrogen-bond acceptors (Lipinski definition) is 6. The summed E-state index contributed by atoms with van der Waals surface area (Å²) >= 11 is 29.9. The number of hydrogen-bond donors (Lipinski definition) is 0. The number of aryl methyl sites for hydroxylation is 1. The first-order valence-electron chi connectivity index (χ1n) is 8.64. The zero-order valence-electron chi connectivity index (χ0n) is 18.2. The molecule has 36 heavy (non-hydrogen) atoms. The molecule has 0 bridgehead atoms. The Hall–Kier alpha value is 2.17. The van der Waals surface area contributed by atoms with Crippen LogP contribution in [0.5, 0.6) is 0 Å². The summed E-state index contributed by atoms with van der Waals surface area (Å²) in [4.78, 5) is 8.18. The molecular weight excluding hydrogens is 760 g/mol. The summed E-state index contributed by atoms with van der Waals surface area (Å²) in [5, 5.41) is 9.73. The van der Waals surface area contributed by atoms with Crippen LogP contribution >= 0.6 is 105 Å². The van der Waals surface area contributed by atoms with Gasteiger partial charge in [0, 0.05) is 38.3 Å². The molecule has 0 aromatic carbocycles. The first-order chi connectivity index (χ1) is 14.5. The van der Waals surface area contributed by atoms with Crippen molar-refractivity contribution < 1.29 is 61.1 Å². The van der Waals surface area contributed by atoms with Gasteiger partial charge in [-0.15, -0.1) is 28.3 Å². The van der Waals surface area contributed by atoms with Crippen LogP contribution in [0.4, 0.5) is 0 Å². The molecule has 4 nitrogen and oxygen atoms in total. The Labute approximate surface area is 302 Å². The topological polar surface area (TPSA) is 65.9 Å². The standard InChI is InChI=1S/C8H6BrNS.C7H3BrClNS.C4H9O.3CH4.Cl3OP.K/c1-5-6-4-8(9)11-7(6)2-3-10-5;8-6-3-4-5(11-6)1-2-10-7(4)9;1-4(2,3)5;;;;1-5(2,3)4;/h2-4H,1H3;1-3H;1-3H3;3*1H4;;/q;;-1;;;;;+1. The molecule has 0 aliphatic heterocycles. The quantitative estimate of drug-likeness (QED) is 0.101. The van der Waals surface area contributed by atoms with E-state index in [-0.39, 0.29) is 73.7 Å². The van der Waals surface area contributed by atoms with E-state index in [1.807, 2.05) is 31.3 Å². The molecule has 4 aromatic heterocycles. The van der Waals surface area contributed by atoms with Gasteiger partial charge in [0.05, 0.1) is 7.57 Å². The van der Waals surface area contributed by atoms with Crippen LogP contribution in [0.3, 0.4) is 0 Å². The maximum absolute atomic E-state index is 10.1. The summed E-state index contributed by atoms with van der Waals surface area (Å²) in [7, 11) is 0. The van der Waals surface area contributed by atoms with Crippen LogP contribution in [0.2, 0.25) is 5.15 Å². The SMILES string of the molecule is C.C.C.CC(C)(C)[O-].Cc1nccc2sc(Br)cc12.Clc1nccc2sc(Br)cc12.O=P(Cl)(Cl)Cl.[K+]. The van der Waals surface area contributed by atoms with Crippen molar-refractivity contribution in [1.29, 1.82) is 0 Å². The van der Waals surface area contributed by atoms with E-state index in [1.54, 1.807) is 49.6 Å². The van der Waals surface area contributed by atoms with Crippen molar-refractivity contribution in [2.75, 3.05) is 0 Å². The smallest absolute Gasteiger partial charge is 0.850 e. The maximum atomic E-state index is 10.1. The van der Waals surface area contributed by atoms with Gasteiger partial charge in [0.1, 0.15) is 5.15 Å². The minimum atomic E-state index is -3.22. The molecule has 0 aliphatic rings. The number of aromatic nitrogens is 2. The van der Waals surface area contributed by atoms with Crippen molar-refractivity contribution in [3.8, 4) is 0 Å². The Bertz CT molecular complexity index is 1130. The molecule has 0 unspecified atom stereocenters. The van der Waals surface area contributed by atoms with E-state index in [9.17, 15) is 9.67 Å². The van der Waals surface area contributed by atoms with Gasteiger partial charge in [-0.25, -0.2) is 4.98 Å². The van der Waals surface area contributed by atoms with Crippen molar-refractivity contribution in [3.05, 3.63) is 55.1 Å². The zero-order valence-corrected chi connectivity index (χ0v) is 30.1. The van der Waals surface area contributed by atoms with Crippen LogP contribution in [-0.4, -0.2) is 15.6 Å². The first-order valence-corrected chi connectivity index (χ1v) is 16.7. The predicted molar refractivity (Wildman–Crippen MR) is 169 cm³/mol. The number of pyridine rings is 2. The van der Waals surface area contributed by atoms with Crippen molar-refractivity contribution in [2.24, 2.45) is 0 Å². The fourth-order valence-electron chi connectivity index (χ4n) is 1.97. The Morgan fingerprint density at radius 2 is 1.22 bits per heavy atom. The first kappa shape index (κ1) is 45.2. The van der Waals surface area contributed by atoms with Gasteiger partial charge in [0.15, 0.2) is 0 Å². The van der Waals surface area contributed by atoms with E-state index in [0.29, 0.717) is 5.15 Å². The summed E-state index contributed by atoms with van der Waals surface area (Å²) in [5.41, 5.74) is 0.351. The van der Waals surface area contributed by atoms with Crippen molar-refractivity contribution >= 4 is 125 Å². The van der Waals surface area contributed by atoms with Gasteiger partial charge in [-0.3, -0.25) is 9.55 Å². The molecule has 0 atom stereocenters. The Morgan fingerprint density at radius 3 is 1.58 bits per heavy atom. The molecule has 0 amide bonds. The summed E-state index contributed by atoms with van der Waals surface area (Å²) < 4.78 is 14.2. The van der Waals surface area contributed by atoms with Crippen molar-refractivity contribution in [1.82, 2.24) is 9.97 Å². The van der Waals surface area contributed by atoms with Gasteiger partial charge in [-0.1, -0.05) is 54.7 Å². The van der Waals surface area contributed by atoms with Gasteiger partial charge in [0.25, 0.3) is 0 Å². The zero-order chi connectivity index (χ0) is 24.7. The average molecular weight is 790 g/mol. The summed E-state index contributed by atoms with van der Waals surface area (Å²) in [6.07, 6.45) is 3.56. The minimum Gasteiger partial charge on any atom is -0.850 e. The van der Waals surface area contributed by atoms with Crippen LogP contribution < -0.4 is 56.5 Å². The van der Waals surface area contributed by atoms with Crippen LogP contribution in [0, 0.1) is 6.92 Å². The van der Waals surface area contributed by atoms with Gasteiger partial charge < -0.3 is 5.11 Å².